The van der Waals surface area contributed by atoms with Gasteiger partial charge in [0.1, 0.15) is 17.9 Å². The summed E-state index contributed by atoms with van der Waals surface area (Å²) in [6.45, 7) is 1.88. The Balaban J connectivity index is 2.07. The Kier molecular flexibility index (Phi) is 7.18. The Hall–Kier alpha value is -1.22. The molecule has 3 N–H and O–H groups in total. The second-order valence-electron chi connectivity index (χ2n) is 6.60. The SMILES string of the molecule is CSCC[C@H](NC(=O)C1CC(=O)CC1C)C(=O)N1CSCC1C(N)=O. The van der Waals surface area contributed by atoms with Crippen LogP contribution in [0.4, 0.5) is 0 Å². The third kappa shape index (κ3) is 4.91. The molecule has 7 nitrogen and oxygen atoms in total. The number of hydrogen-bond acceptors (Lipinski definition) is 6. The van der Waals surface area contributed by atoms with Crippen molar-refractivity contribution in [2.24, 2.45) is 17.6 Å². The molecule has 0 aromatic rings. The monoisotopic (exact) mass is 387 g/mol. The second kappa shape index (κ2) is 8.93. The summed E-state index contributed by atoms with van der Waals surface area (Å²) in [5.74, 6) is 0.245. The lowest BCUT2D eigenvalue weighted by Gasteiger charge is -2.28. The fourth-order valence-corrected chi connectivity index (χ4v) is 4.90. The fraction of sp³-hybridized carbons (Fsp3) is 0.750. The third-order valence-electron chi connectivity index (χ3n) is 4.74. The van der Waals surface area contributed by atoms with E-state index in [-0.39, 0.29) is 35.9 Å². The van der Waals surface area contributed by atoms with E-state index < -0.39 is 18.0 Å². The molecule has 140 valence electrons. The first-order valence-corrected chi connectivity index (χ1v) is 10.9. The van der Waals surface area contributed by atoms with Gasteiger partial charge in [0, 0.05) is 24.5 Å². The maximum absolute atomic E-state index is 12.9. The first kappa shape index (κ1) is 20.1. The van der Waals surface area contributed by atoms with E-state index in [0.29, 0.717) is 30.2 Å². The quantitative estimate of drug-likeness (QED) is 0.647. The number of rotatable bonds is 7. The van der Waals surface area contributed by atoms with Crippen LogP contribution in [-0.4, -0.2) is 64.1 Å². The molecule has 4 atom stereocenters. The Morgan fingerprint density at radius 1 is 1.40 bits per heavy atom. The number of primary amides is 1. The standard InChI is InChI=1S/C16H25N3O4S2/c1-9-5-10(20)6-11(9)15(22)18-12(3-4-24-2)16(23)19-8-25-7-13(19)14(17)21/h9,11-13H,3-8H2,1-2H3,(H2,17,21)(H,18,22)/t9?,11?,12-,13?/m0/s1. The lowest BCUT2D eigenvalue weighted by molar-refractivity contribution is -0.141. The highest BCUT2D eigenvalue weighted by Gasteiger charge is 2.39. The molecule has 3 unspecified atom stereocenters. The zero-order valence-electron chi connectivity index (χ0n) is 14.5. The van der Waals surface area contributed by atoms with Gasteiger partial charge >= 0.3 is 0 Å². The lowest BCUT2D eigenvalue weighted by atomic mass is 9.96. The van der Waals surface area contributed by atoms with Crippen molar-refractivity contribution in [1.82, 2.24) is 10.2 Å². The minimum Gasteiger partial charge on any atom is -0.368 e. The zero-order valence-corrected chi connectivity index (χ0v) is 16.2. The second-order valence-corrected chi connectivity index (χ2v) is 8.58. The minimum absolute atomic E-state index is 0.00971. The van der Waals surface area contributed by atoms with Crippen LogP contribution in [0.2, 0.25) is 0 Å². The Morgan fingerprint density at radius 3 is 2.68 bits per heavy atom. The number of nitrogens with one attached hydrogen (secondary N) is 1. The van der Waals surface area contributed by atoms with Gasteiger partial charge in [0.2, 0.25) is 17.7 Å². The highest BCUT2D eigenvalue weighted by molar-refractivity contribution is 7.99. The van der Waals surface area contributed by atoms with E-state index in [1.165, 1.54) is 16.7 Å². The molecule has 2 fully saturated rings. The van der Waals surface area contributed by atoms with Crippen molar-refractivity contribution in [2.45, 2.75) is 38.3 Å². The molecule has 2 rings (SSSR count). The summed E-state index contributed by atoms with van der Waals surface area (Å²) in [6, 6.07) is -1.32. The van der Waals surface area contributed by atoms with Gasteiger partial charge in [-0.15, -0.1) is 11.8 Å². The van der Waals surface area contributed by atoms with Gasteiger partial charge in [-0.25, -0.2) is 0 Å². The van der Waals surface area contributed by atoms with Gasteiger partial charge in [-0.2, -0.15) is 11.8 Å². The highest BCUT2D eigenvalue weighted by atomic mass is 32.2. The van der Waals surface area contributed by atoms with Crippen molar-refractivity contribution in [1.29, 1.82) is 0 Å². The molecular formula is C16H25N3O4S2. The number of Topliss-reactive ketones (excluding diaryl/α,β-unsaturated/α-hetero) is 1. The van der Waals surface area contributed by atoms with E-state index in [2.05, 4.69) is 5.32 Å². The summed E-state index contributed by atoms with van der Waals surface area (Å²) < 4.78 is 0. The molecule has 1 heterocycles. The van der Waals surface area contributed by atoms with Crippen molar-refractivity contribution >= 4 is 47.0 Å². The zero-order chi connectivity index (χ0) is 18.6. The number of ketones is 1. The highest BCUT2D eigenvalue weighted by Crippen LogP contribution is 2.29. The number of carbonyl (C=O) groups is 4. The Labute approximate surface area is 156 Å². The summed E-state index contributed by atoms with van der Waals surface area (Å²) in [4.78, 5) is 50.0. The van der Waals surface area contributed by atoms with Crippen molar-refractivity contribution in [3.8, 4) is 0 Å². The molecular weight excluding hydrogens is 362 g/mol. The minimum atomic E-state index is -0.691. The number of amides is 3. The van der Waals surface area contributed by atoms with Crippen LogP contribution in [0.15, 0.2) is 0 Å². The van der Waals surface area contributed by atoms with Crippen LogP contribution in [-0.2, 0) is 19.2 Å². The predicted molar refractivity (Wildman–Crippen MR) is 99.0 cm³/mol. The summed E-state index contributed by atoms with van der Waals surface area (Å²) in [5, 5.41) is 2.82. The van der Waals surface area contributed by atoms with E-state index in [1.807, 2.05) is 13.2 Å². The normalized spacial score (nSPS) is 27.4. The molecule has 0 aromatic carbocycles. The molecule has 3 amide bonds. The molecule has 25 heavy (non-hydrogen) atoms. The van der Waals surface area contributed by atoms with Gasteiger partial charge < -0.3 is 16.0 Å². The average molecular weight is 388 g/mol. The molecule has 1 saturated carbocycles. The van der Waals surface area contributed by atoms with Crippen LogP contribution >= 0.6 is 23.5 Å². The average Bonchev–Trinajstić information content (AvgIpc) is 3.17. The van der Waals surface area contributed by atoms with Crippen LogP contribution in [0.5, 0.6) is 0 Å². The van der Waals surface area contributed by atoms with E-state index in [4.69, 9.17) is 5.73 Å². The van der Waals surface area contributed by atoms with Gasteiger partial charge in [0.25, 0.3) is 0 Å². The smallest absolute Gasteiger partial charge is 0.246 e. The van der Waals surface area contributed by atoms with Crippen molar-refractivity contribution in [3.63, 3.8) is 0 Å². The largest absolute Gasteiger partial charge is 0.368 e. The summed E-state index contributed by atoms with van der Waals surface area (Å²) >= 11 is 3.06. The van der Waals surface area contributed by atoms with E-state index in [1.54, 1.807) is 11.8 Å². The first-order valence-electron chi connectivity index (χ1n) is 8.33. The van der Waals surface area contributed by atoms with E-state index >= 15 is 0 Å². The van der Waals surface area contributed by atoms with E-state index in [9.17, 15) is 19.2 Å². The molecule has 0 bridgehead atoms. The topological polar surface area (TPSA) is 110 Å². The summed E-state index contributed by atoms with van der Waals surface area (Å²) in [5.41, 5.74) is 5.39. The molecule has 9 heteroatoms. The number of thioether (sulfide) groups is 2. The molecule has 1 aliphatic carbocycles. The molecule has 0 radical (unpaired) electrons. The van der Waals surface area contributed by atoms with Crippen molar-refractivity contribution in [3.05, 3.63) is 0 Å². The molecule has 0 aromatic heterocycles. The maximum atomic E-state index is 12.9. The van der Waals surface area contributed by atoms with Crippen LogP contribution < -0.4 is 11.1 Å². The predicted octanol–water partition coefficient (Wildman–Crippen LogP) is 0.226. The lowest BCUT2D eigenvalue weighted by Crippen LogP contribution is -2.54. The number of hydrogen-bond donors (Lipinski definition) is 2. The number of carbonyl (C=O) groups excluding carboxylic acids is 4. The Morgan fingerprint density at radius 2 is 2.12 bits per heavy atom. The fourth-order valence-electron chi connectivity index (χ4n) is 3.25. The van der Waals surface area contributed by atoms with Gasteiger partial charge in [0.05, 0.1) is 5.88 Å². The van der Waals surface area contributed by atoms with Gasteiger partial charge in [-0.05, 0) is 24.3 Å². The molecule has 1 aliphatic heterocycles. The summed E-state index contributed by atoms with van der Waals surface area (Å²) in [7, 11) is 0. The molecule has 1 saturated heterocycles. The molecule has 2 aliphatic rings. The van der Waals surface area contributed by atoms with E-state index in [0.717, 1.165) is 0 Å². The maximum Gasteiger partial charge on any atom is 0.246 e. The third-order valence-corrected chi connectivity index (χ3v) is 6.40. The van der Waals surface area contributed by atoms with Crippen molar-refractivity contribution in [2.75, 3.05) is 23.6 Å². The first-order chi connectivity index (χ1) is 11.8. The van der Waals surface area contributed by atoms with Gasteiger partial charge in [0.15, 0.2) is 0 Å². The number of nitrogens with two attached hydrogens (primary N) is 1. The summed E-state index contributed by atoms with van der Waals surface area (Å²) in [6.07, 6.45) is 3.06. The van der Waals surface area contributed by atoms with Gasteiger partial charge in [-0.3, -0.25) is 19.2 Å². The number of nitrogens with zero attached hydrogens (tertiary/aromatic N) is 1. The molecule has 0 spiro atoms. The Bertz CT molecular complexity index is 557. The van der Waals surface area contributed by atoms with Crippen LogP contribution in [0, 0.1) is 11.8 Å². The van der Waals surface area contributed by atoms with Crippen molar-refractivity contribution < 1.29 is 19.2 Å². The van der Waals surface area contributed by atoms with Gasteiger partial charge in [-0.1, -0.05) is 6.92 Å². The van der Waals surface area contributed by atoms with Crippen LogP contribution in [0.25, 0.3) is 0 Å². The van der Waals surface area contributed by atoms with Crippen LogP contribution in [0.3, 0.4) is 0 Å². The van der Waals surface area contributed by atoms with Crippen LogP contribution in [0.1, 0.15) is 26.2 Å².